The average Bonchev–Trinajstić information content (AvgIpc) is 2.72. The summed E-state index contributed by atoms with van der Waals surface area (Å²) in [5.41, 5.74) is 11.3. The molecular formula is C23H20N4O. The molecular weight excluding hydrogens is 348 g/mol. The van der Waals surface area contributed by atoms with Gasteiger partial charge in [0.25, 0.3) is 5.56 Å². The molecule has 0 saturated carbocycles. The van der Waals surface area contributed by atoms with Crippen molar-refractivity contribution in [1.82, 2.24) is 9.55 Å². The molecule has 1 aromatic heterocycles. The van der Waals surface area contributed by atoms with Crippen molar-refractivity contribution in [3.63, 3.8) is 0 Å². The molecule has 1 heterocycles. The average molecular weight is 368 g/mol. The van der Waals surface area contributed by atoms with Gasteiger partial charge in [-0.2, -0.15) is 0 Å². The van der Waals surface area contributed by atoms with Gasteiger partial charge in [0.15, 0.2) is 0 Å². The predicted molar refractivity (Wildman–Crippen MR) is 113 cm³/mol. The molecule has 138 valence electrons. The second kappa shape index (κ2) is 7.12. The second-order valence-corrected chi connectivity index (χ2v) is 6.78. The molecule has 0 saturated heterocycles. The van der Waals surface area contributed by atoms with Crippen molar-refractivity contribution in [2.75, 3.05) is 0 Å². The predicted octanol–water partition coefficient (Wildman–Crippen LogP) is 3.48. The highest BCUT2D eigenvalue weighted by molar-refractivity contribution is 5.94. The molecule has 4 aromatic rings. The van der Waals surface area contributed by atoms with Gasteiger partial charge in [0, 0.05) is 19.0 Å². The van der Waals surface area contributed by atoms with Crippen molar-refractivity contribution in [2.24, 2.45) is 12.8 Å². The van der Waals surface area contributed by atoms with Crippen LogP contribution in [0.2, 0.25) is 0 Å². The third kappa shape index (κ3) is 3.30. The van der Waals surface area contributed by atoms with Gasteiger partial charge in [-0.3, -0.25) is 10.2 Å². The fourth-order valence-corrected chi connectivity index (χ4v) is 3.31. The van der Waals surface area contributed by atoms with E-state index in [1.54, 1.807) is 23.7 Å². The van der Waals surface area contributed by atoms with E-state index in [0.717, 1.165) is 27.7 Å². The number of aromatic nitrogens is 2. The third-order valence-electron chi connectivity index (χ3n) is 4.89. The summed E-state index contributed by atoms with van der Waals surface area (Å²) < 4.78 is 1.65. The summed E-state index contributed by atoms with van der Waals surface area (Å²) in [5.74, 6) is 0.0275. The molecule has 28 heavy (non-hydrogen) atoms. The maximum Gasteiger partial charge on any atom is 0.272 e. The highest BCUT2D eigenvalue weighted by Crippen LogP contribution is 2.23. The second-order valence-electron chi connectivity index (χ2n) is 6.78. The van der Waals surface area contributed by atoms with Gasteiger partial charge in [0.1, 0.15) is 11.5 Å². The summed E-state index contributed by atoms with van der Waals surface area (Å²) in [6.45, 7) is 0. The minimum absolute atomic E-state index is 0.0275. The van der Waals surface area contributed by atoms with Crippen molar-refractivity contribution in [1.29, 1.82) is 5.41 Å². The number of nitrogen functional groups attached to an aromatic ring is 1. The molecule has 4 rings (SSSR count). The van der Waals surface area contributed by atoms with E-state index in [1.807, 2.05) is 48.5 Å². The Morgan fingerprint density at radius 1 is 1.00 bits per heavy atom. The van der Waals surface area contributed by atoms with Crippen LogP contribution in [0.25, 0.3) is 22.2 Å². The largest absolute Gasteiger partial charge is 0.384 e. The number of hydrogen-bond acceptors (Lipinski definition) is 3. The highest BCUT2D eigenvalue weighted by Gasteiger charge is 2.11. The van der Waals surface area contributed by atoms with Crippen LogP contribution in [-0.2, 0) is 13.5 Å². The zero-order valence-electron chi connectivity index (χ0n) is 15.5. The molecule has 0 amide bonds. The van der Waals surface area contributed by atoms with Gasteiger partial charge in [0.05, 0.1) is 11.0 Å². The van der Waals surface area contributed by atoms with Crippen molar-refractivity contribution in [2.45, 2.75) is 6.42 Å². The molecule has 0 atom stereocenters. The smallest absolute Gasteiger partial charge is 0.272 e. The van der Waals surface area contributed by atoms with Crippen LogP contribution in [0.3, 0.4) is 0 Å². The number of benzene rings is 3. The minimum Gasteiger partial charge on any atom is -0.384 e. The quantitative estimate of drug-likeness (QED) is 0.427. The van der Waals surface area contributed by atoms with E-state index < -0.39 is 0 Å². The van der Waals surface area contributed by atoms with E-state index in [1.165, 1.54) is 0 Å². The number of amidine groups is 1. The minimum atomic E-state index is -0.101. The Morgan fingerprint density at radius 3 is 2.39 bits per heavy atom. The molecule has 0 aliphatic rings. The van der Waals surface area contributed by atoms with Crippen molar-refractivity contribution >= 4 is 16.9 Å². The number of fused-ring (bicyclic) bond motifs is 1. The number of nitrogens with zero attached hydrogens (tertiary/aromatic N) is 2. The van der Waals surface area contributed by atoms with E-state index in [9.17, 15) is 4.79 Å². The Morgan fingerprint density at radius 2 is 1.71 bits per heavy atom. The first-order valence-electron chi connectivity index (χ1n) is 9.01. The summed E-state index contributed by atoms with van der Waals surface area (Å²) in [6.07, 6.45) is 0.427. The van der Waals surface area contributed by atoms with E-state index in [0.29, 0.717) is 17.7 Å². The van der Waals surface area contributed by atoms with Gasteiger partial charge in [-0.15, -0.1) is 0 Å². The van der Waals surface area contributed by atoms with E-state index in [-0.39, 0.29) is 11.4 Å². The van der Waals surface area contributed by atoms with Crippen LogP contribution in [0.4, 0.5) is 0 Å². The zero-order valence-corrected chi connectivity index (χ0v) is 15.5. The third-order valence-corrected chi connectivity index (χ3v) is 4.89. The lowest BCUT2D eigenvalue weighted by Gasteiger charge is -2.10. The van der Waals surface area contributed by atoms with Crippen LogP contribution in [-0.4, -0.2) is 15.4 Å². The van der Waals surface area contributed by atoms with Crippen LogP contribution >= 0.6 is 0 Å². The van der Waals surface area contributed by atoms with Gasteiger partial charge in [-0.05, 0) is 28.8 Å². The van der Waals surface area contributed by atoms with Gasteiger partial charge in [0.2, 0.25) is 0 Å². The lowest BCUT2D eigenvalue weighted by molar-refractivity contribution is 0.855. The Labute approximate surface area is 162 Å². The first-order valence-corrected chi connectivity index (χ1v) is 9.01. The molecule has 5 nitrogen and oxygen atoms in total. The normalized spacial score (nSPS) is 10.9. The number of aryl methyl sites for hydroxylation is 1. The Bertz CT molecular complexity index is 1230. The van der Waals surface area contributed by atoms with Crippen molar-refractivity contribution in [3.05, 3.63) is 100.0 Å². The van der Waals surface area contributed by atoms with Gasteiger partial charge in [-0.25, -0.2) is 4.98 Å². The Kier molecular flexibility index (Phi) is 4.49. The molecule has 3 aromatic carbocycles. The van der Waals surface area contributed by atoms with Gasteiger partial charge in [-0.1, -0.05) is 60.7 Å². The van der Waals surface area contributed by atoms with Crippen LogP contribution in [0.1, 0.15) is 16.8 Å². The summed E-state index contributed by atoms with van der Waals surface area (Å²) >= 11 is 0. The molecule has 0 fully saturated rings. The summed E-state index contributed by atoms with van der Waals surface area (Å²) in [4.78, 5) is 17.4. The van der Waals surface area contributed by atoms with Gasteiger partial charge >= 0.3 is 0 Å². The standard InChI is InChI=1S/C23H20N4O/c1-27-21-12-11-18(16-5-3-2-4-6-16)14-19(21)26-20(23(27)28)13-15-7-9-17(10-8-15)22(24)25/h2-12,14H,13H2,1H3,(H3,24,25). The summed E-state index contributed by atoms with van der Waals surface area (Å²) in [7, 11) is 1.77. The molecule has 0 unspecified atom stereocenters. The SMILES string of the molecule is Cn1c(=O)c(Cc2ccc(C(=N)N)cc2)nc2cc(-c3ccccc3)ccc21. The summed E-state index contributed by atoms with van der Waals surface area (Å²) in [6, 6.07) is 23.4. The lowest BCUT2D eigenvalue weighted by Crippen LogP contribution is -2.23. The number of rotatable bonds is 4. The van der Waals surface area contributed by atoms with E-state index in [4.69, 9.17) is 11.1 Å². The Hall–Kier alpha value is -3.73. The molecule has 0 spiro atoms. The molecule has 5 heteroatoms. The first-order chi connectivity index (χ1) is 13.5. The fraction of sp³-hybridized carbons (Fsp3) is 0.0870. The van der Waals surface area contributed by atoms with Crippen LogP contribution in [0.5, 0.6) is 0 Å². The molecule has 0 aliphatic carbocycles. The summed E-state index contributed by atoms with van der Waals surface area (Å²) in [5, 5.41) is 7.48. The first kappa shape index (κ1) is 17.7. The van der Waals surface area contributed by atoms with Crippen LogP contribution < -0.4 is 11.3 Å². The molecule has 0 radical (unpaired) electrons. The van der Waals surface area contributed by atoms with Gasteiger partial charge < -0.3 is 10.3 Å². The molecule has 3 N–H and O–H groups in total. The zero-order chi connectivity index (χ0) is 19.7. The number of nitrogens with two attached hydrogens (primary N) is 1. The maximum atomic E-state index is 12.8. The monoisotopic (exact) mass is 368 g/mol. The fourth-order valence-electron chi connectivity index (χ4n) is 3.31. The highest BCUT2D eigenvalue weighted by atomic mass is 16.1. The maximum absolute atomic E-state index is 12.8. The topological polar surface area (TPSA) is 84.8 Å². The van der Waals surface area contributed by atoms with Crippen molar-refractivity contribution in [3.8, 4) is 11.1 Å². The van der Waals surface area contributed by atoms with Crippen LogP contribution in [0.15, 0.2) is 77.6 Å². The van der Waals surface area contributed by atoms with E-state index >= 15 is 0 Å². The Balaban J connectivity index is 1.76. The van der Waals surface area contributed by atoms with E-state index in [2.05, 4.69) is 17.1 Å². The van der Waals surface area contributed by atoms with Crippen LogP contribution in [0, 0.1) is 5.41 Å². The number of nitrogens with one attached hydrogen (secondary N) is 1. The molecule has 0 bridgehead atoms. The lowest BCUT2D eigenvalue weighted by atomic mass is 10.0. The molecule has 0 aliphatic heterocycles. The number of hydrogen-bond donors (Lipinski definition) is 2. The van der Waals surface area contributed by atoms with Crippen molar-refractivity contribution < 1.29 is 0 Å².